The zero-order valence-electron chi connectivity index (χ0n) is 14.7. The topological polar surface area (TPSA) is 75.3 Å². The fraction of sp³-hybridized carbons (Fsp3) is 0.588. The molecule has 0 unspecified atom stereocenters. The molecule has 0 bridgehead atoms. The predicted molar refractivity (Wildman–Crippen MR) is 95.8 cm³/mol. The molecule has 1 rings (SSSR count). The van der Waals surface area contributed by atoms with Gasteiger partial charge in [0.2, 0.25) is 0 Å². The van der Waals surface area contributed by atoms with Crippen LogP contribution >= 0.6 is 0 Å². The van der Waals surface area contributed by atoms with Crippen LogP contribution in [-0.4, -0.2) is 32.0 Å². The number of hydrogen-bond donors (Lipinski definition) is 2. The van der Waals surface area contributed by atoms with E-state index in [-0.39, 0.29) is 11.8 Å². The molecule has 23 heavy (non-hydrogen) atoms. The monoisotopic (exact) mass is 340 g/mol. The van der Waals surface area contributed by atoms with Gasteiger partial charge in [-0.1, -0.05) is 26.0 Å². The summed E-state index contributed by atoms with van der Waals surface area (Å²) < 4.78 is 22.6. The van der Waals surface area contributed by atoms with Crippen LogP contribution in [0, 0.1) is 0 Å². The Kier molecular flexibility index (Phi) is 6.62. The number of carbonyl (C=O) groups is 1. The van der Waals surface area contributed by atoms with Crippen molar-refractivity contribution in [2.24, 2.45) is 0 Å². The van der Waals surface area contributed by atoms with Gasteiger partial charge in [-0.25, -0.2) is 13.2 Å². The summed E-state index contributed by atoms with van der Waals surface area (Å²) in [6.45, 7) is 7.75. The van der Waals surface area contributed by atoms with Crippen LogP contribution in [0.15, 0.2) is 18.2 Å². The third-order valence-electron chi connectivity index (χ3n) is 3.76. The molecule has 2 N–H and O–H groups in total. The molecule has 6 heteroatoms. The Hall–Kier alpha value is -1.56. The lowest BCUT2D eigenvalue weighted by atomic mass is 10.0. The maximum Gasteiger partial charge on any atom is 0.319 e. The van der Waals surface area contributed by atoms with Gasteiger partial charge in [-0.05, 0) is 50.3 Å². The van der Waals surface area contributed by atoms with Gasteiger partial charge in [0.05, 0.1) is 5.75 Å². The normalized spacial score (nSPS) is 12.0. The third kappa shape index (κ3) is 7.03. The Morgan fingerprint density at radius 2 is 1.83 bits per heavy atom. The van der Waals surface area contributed by atoms with Crippen molar-refractivity contribution in [2.45, 2.75) is 52.5 Å². The van der Waals surface area contributed by atoms with Crippen molar-refractivity contribution in [1.29, 1.82) is 0 Å². The molecule has 1 aromatic rings. The average molecular weight is 340 g/mol. The molecule has 0 heterocycles. The van der Waals surface area contributed by atoms with Crippen molar-refractivity contribution in [2.75, 3.05) is 17.3 Å². The summed E-state index contributed by atoms with van der Waals surface area (Å²) in [4.78, 5) is 12.2. The van der Waals surface area contributed by atoms with Gasteiger partial charge in [0.1, 0.15) is 9.84 Å². The van der Waals surface area contributed by atoms with Gasteiger partial charge in [-0.3, -0.25) is 0 Å². The number of rotatable bonds is 7. The van der Waals surface area contributed by atoms with Crippen LogP contribution in [-0.2, 0) is 22.7 Å². The van der Waals surface area contributed by atoms with Crippen LogP contribution in [0.5, 0.6) is 0 Å². The summed E-state index contributed by atoms with van der Waals surface area (Å²) in [7, 11) is -3.04. The highest BCUT2D eigenvalue weighted by molar-refractivity contribution is 7.90. The molecular formula is C17H28N2O3S. The molecule has 0 fully saturated rings. The first-order chi connectivity index (χ1) is 10.6. The largest absolute Gasteiger partial charge is 0.333 e. The van der Waals surface area contributed by atoms with Crippen molar-refractivity contribution in [3.05, 3.63) is 29.3 Å². The Balaban J connectivity index is 2.76. The van der Waals surface area contributed by atoms with Crippen molar-refractivity contribution in [1.82, 2.24) is 5.32 Å². The number of amides is 2. The van der Waals surface area contributed by atoms with Gasteiger partial charge in [-0.15, -0.1) is 0 Å². The van der Waals surface area contributed by atoms with Crippen LogP contribution < -0.4 is 10.6 Å². The summed E-state index contributed by atoms with van der Waals surface area (Å²) in [5.41, 5.74) is 2.45. The molecule has 5 nitrogen and oxygen atoms in total. The number of carbonyl (C=O) groups excluding carboxylic acids is 1. The number of anilines is 1. The number of sulfone groups is 1. The van der Waals surface area contributed by atoms with E-state index in [0.29, 0.717) is 6.42 Å². The van der Waals surface area contributed by atoms with Crippen LogP contribution in [0.25, 0.3) is 0 Å². The number of nitrogens with one attached hydrogen (secondary N) is 2. The van der Waals surface area contributed by atoms with E-state index in [2.05, 4.69) is 23.6 Å². The minimum Gasteiger partial charge on any atom is -0.333 e. The molecular weight excluding hydrogens is 312 g/mol. The van der Waals surface area contributed by atoms with Gasteiger partial charge in [0, 0.05) is 17.5 Å². The molecule has 0 saturated heterocycles. The second-order valence-corrected chi connectivity index (χ2v) is 8.80. The zero-order chi connectivity index (χ0) is 17.7. The second-order valence-electron chi connectivity index (χ2n) is 6.54. The van der Waals surface area contributed by atoms with E-state index in [1.165, 1.54) is 6.26 Å². The Bertz CT molecular complexity index is 652. The minimum atomic E-state index is -3.04. The molecule has 130 valence electrons. The molecule has 1 aromatic carbocycles. The third-order valence-corrected chi connectivity index (χ3v) is 4.71. The predicted octanol–water partition coefficient (Wildman–Crippen LogP) is 3.15. The van der Waals surface area contributed by atoms with Crippen LogP contribution in [0.3, 0.4) is 0 Å². The molecule has 0 aliphatic rings. The molecule has 0 saturated carbocycles. The molecule has 0 aliphatic carbocycles. The zero-order valence-corrected chi connectivity index (χ0v) is 15.5. The highest BCUT2D eigenvalue weighted by Crippen LogP contribution is 2.19. The van der Waals surface area contributed by atoms with E-state index >= 15 is 0 Å². The van der Waals surface area contributed by atoms with Crippen molar-refractivity contribution in [3.63, 3.8) is 0 Å². The van der Waals surface area contributed by atoms with Gasteiger partial charge >= 0.3 is 6.03 Å². The number of benzene rings is 1. The maximum atomic E-state index is 12.2. The Morgan fingerprint density at radius 1 is 1.17 bits per heavy atom. The van der Waals surface area contributed by atoms with E-state index in [0.717, 1.165) is 29.7 Å². The van der Waals surface area contributed by atoms with E-state index in [1.54, 1.807) is 0 Å². The number of hydrogen-bond acceptors (Lipinski definition) is 3. The highest BCUT2D eigenvalue weighted by Gasteiger charge is 2.22. The maximum absolute atomic E-state index is 12.2. The van der Waals surface area contributed by atoms with E-state index in [1.807, 2.05) is 32.9 Å². The van der Waals surface area contributed by atoms with Crippen LogP contribution in [0.2, 0.25) is 0 Å². The average Bonchev–Trinajstić information content (AvgIpc) is 2.44. The molecule has 2 amide bonds. The summed E-state index contributed by atoms with van der Waals surface area (Å²) in [6, 6.07) is 5.77. The first kappa shape index (κ1) is 19.5. The van der Waals surface area contributed by atoms with Gasteiger partial charge in [-0.2, -0.15) is 0 Å². The smallest absolute Gasteiger partial charge is 0.319 e. The van der Waals surface area contributed by atoms with E-state index in [9.17, 15) is 13.2 Å². The first-order valence-corrected chi connectivity index (χ1v) is 10.0. The SMILES string of the molecule is CCc1ccc(CC)c(NC(=O)NC(C)(C)CCS(C)(=O)=O)c1. The van der Waals surface area contributed by atoms with Crippen molar-refractivity contribution in [3.8, 4) is 0 Å². The fourth-order valence-electron chi connectivity index (χ4n) is 2.23. The quantitative estimate of drug-likeness (QED) is 0.800. The highest BCUT2D eigenvalue weighted by atomic mass is 32.2. The molecule has 0 atom stereocenters. The molecule has 0 spiro atoms. The first-order valence-electron chi connectivity index (χ1n) is 7.95. The lowest BCUT2D eigenvalue weighted by Gasteiger charge is -2.26. The van der Waals surface area contributed by atoms with Gasteiger partial charge in [0.25, 0.3) is 0 Å². The van der Waals surface area contributed by atoms with E-state index in [4.69, 9.17) is 0 Å². The van der Waals surface area contributed by atoms with E-state index < -0.39 is 15.4 Å². The summed E-state index contributed by atoms with van der Waals surface area (Å²) in [5.74, 6) is 0.0474. The fourth-order valence-corrected chi connectivity index (χ4v) is 3.11. The summed E-state index contributed by atoms with van der Waals surface area (Å²) >= 11 is 0. The van der Waals surface area contributed by atoms with Crippen molar-refractivity contribution < 1.29 is 13.2 Å². The number of urea groups is 1. The number of aryl methyl sites for hydroxylation is 2. The van der Waals surface area contributed by atoms with Gasteiger partial charge < -0.3 is 10.6 Å². The standard InChI is InChI=1S/C17H28N2O3S/c1-6-13-8-9-14(7-2)15(12-13)18-16(20)19-17(3,4)10-11-23(5,21)22/h8-9,12H,6-7,10-11H2,1-5H3,(H2,18,19,20). The molecule has 0 aromatic heterocycles. The second kappa shape index (κ2) is 7.81. The minimum absolute atomic E-state index is 0.0474. The summed E-state index contributed by atoms with van der Waals surface area (Å²) in [6.07, 6.45) is 3.30. The van der Waals surface area contributed by atoms with Crippen molar-refractivity contribution >= 4 is 21.6 Å². The Labute approximate surface area is 139 Å². The molecule has 0 radical (unpaired) electrons. The van der Waals surface area contributed by atoms with Crippen LogP contribution in [0.1, 0.15) is 45.2 Å². The summed E-state index contributed by atoms with van der Waals surface area (Å²) in [5, 5.41) is 5.74. The lowest BCUT2D eigenvalue weighted by Crippen LogP contribution is -2.46. The van der Waals surface area contributed by atoms with Crippen LogP contribution in [0.4, 0.5) is 10.5 Å². The molecule has 0 aliphatic heterocycles. The lowest BCUT2D eigenvalue weighted by molar-refractivity contribution is 0.240. The Morgan fingerprint density at radius 3 is 2.35 bits per heavy atom. The van der Waals surface area contributed by atoms with Gasteiger partial charge in [0.15, 0.2) is 0 Å².